The van der Waals surface area contributed by atoms with Crippen LogP contribution in [0, 0.1) is 12.8 Å². The molecule has 0 fully saturated rings. The first kappa shape index (κ1) is 22.6. The van der Waals surface area contributed by atoms with Crippen LogP contribution in [0.4, 0.5) is 0 Å². The zero-order chi connectivity index (χ0) is 23.4. The van der Waals surface area contributed by atoms with E-state index >= 15 is 0 Å². The fourth-order valence-electron chi connectivity index (χ4n) is 4.11. The van der Waals surface area contributed by atoms with Crippen LogP contribution in [0.5, 0.6) is 17.2 Å². The minimum absolute atomic E-state index is 0.00722. The Kier molecular flexibility index (Phi) is 5.54. The second-order valence-electron chi connectivity index (χ2n) is 8.70. The second-order valence-corrected chi connectivity index (χ2v) is 8.70. The van der Waals surface area contributed by atoms with Crippen LogP contribution >= 0.6 is 0 Å². The van der Waals surface area contributed by atoms with Gasteiger partial charge in [0.2, 0.25) is 0 Å². The average molecular weight is 430 g/mol. The van der Waals surface area contributed by atoms with Crippen molar-refractivity contribution < 1.29 is 34.1 Å². The van der Waals surface area contributed by atoms with Crippen LogP contribution in [0.15, 0.2) is 11.8 Å². The van der Waals surface area contributed by atoms with Gasteiger partial charge in [-0.05, 0) is 42.0 Å². The van der Waals surface area contributed by atoms with Crippen molar-refractivity contribution in [2.75, 3.05) is 41.3 Å². The van der Waals surface area contributed by atoms with E-state index in [4.69, 9.17) is 4.74 Å². The Bertz CT molecular complexity index is 1050. The van der Waals surface area contributed by atoms with Gasteiger partial charge in [0.25, 0.3) is 0 Å². The summed E-state index contributed by atoms with van der Waals surface area (Å²) in [5.41, 5.74) is -1.83. The van der Waals surface area contributed by atoms with E-state index in [0.717, 1.165) is 6.08 Å². The molecule has 0 radical (unpaired) electrons. The molecule has 1 aliphatic heterocycles. The molecule has 166 valence electrons. The first-order valence-electron chi connectivity index (χ1n) is 9.74. The number of phenols is 2. The third-order valence-corrected chi connectivity index (χ3v) is 5.69. The summed E-state index contributed by atoms with van der Waals surface area (Å²) in [7, 11) is 6.65. The number of nitrogens with zero attached hydrogens (tertiary/aromatic N) is 2. The van der Waals surface area contributed by atoms with Gasteiger partial charge in [-0.3, -0.25) is 19.2 Å². The smallest absolute Gasteiger partial charge is 0.184 e. The molecule has 1 aromatic rings. The summed E-state index contributed by atoms with van der Waals surface area (Å²) in [5.74, 6) is -5.14. The molecule has 1 aliphatic carbocycles. The Morgan fingerprint density at radius 2 is 1.65 bits per heavy atom. The van der Waals surface area contributed by atoms with Crippen molar-refractivity contribution in [1.82, 2.24) is 9.80 Å². The number of Topliss-reactive ketones (excluding diaryl/α,β-unsaturated/α-hetero) is 3. The molecular formula is C22H26N2O7. The summed E-state index contributed by atoms with van der Waals surface area (Å²) in [6, 6.07) is 0. The molecule has 0 aromatic heterocycles. The molecule has 2 unspecified atom stereocenters. The normalized spacial score (nSPS) is 22.3. The summed E-state index contributed by atoms with van der Waals surface area (Å²) < 4.78 is 5.75. The lowest BCUT2D eigenvalue weighted by Gasteiger charge is -2.31. The minimum atomic E-state index is -1.65. The van der Waals surface area contributed by atoms with E-state index in [0.29, 0.717) is 0 Å². The Labute approximate surface area is 179 Å². The fraction of sp³-hybridized carbons (Fsp3) is 0.455. The number of rotatable bonds is 6. The fourth-order valence-corrected chi connectivity index (χ4v) is 4.11. The molecule has 0 bridgehead atoms. The molecule has 2 aliphatic rings. The number of likely N-dealkylation sites (N-methyl/N-ethyl adjacent to an activating group) is 2. The highest BCUT2D eigenvalue weighted by Gasteiger charge is 2.58. The lowest BCUT2D eigenvalue weighted by atomic mass is 9.67. The Hall–Kier alpha value is -3.04. The summed E-state index contributed by atoms with van der Waals surface area (Å²) in [6.45, 7) is 2.70. The molecular weight excluding hydrogens is 404 g/mol. The lowest BCUT2D eigenvalue weighted by Crippen LogP contribution is -2.49. The van der Waals surface area contributed by atoms with Gasteiger partial charge in [-0.25, -0.2) is 0 Å². The topological polar surface area (TPSA) is 124 Å². The standard InChI is InChI=1S/C22H26N2O7/c1-10-18(28)16(13(27)9-24(5)6)20-17(19(10)29)22(2)14(31-20)7-11(25)15(21(22)30)12(26)8-23(3)4/h7,15,28-29H,8-9H2,1-6H3. The van der Waals surface area contributed by atoms with Crippen LogP contribution in [0.25, 0.3) is 0 Å². The van der Waals surface area contributed by atoms with Crippen LogP contribution in [-0.4, -0.2) is 84.4 Å². The third kappa shape index (κ3) is 3.34. The van der Waals surface area contributed by atoms with Crippen molar-refractivity contribution in [3.05, 3.63) is 28.5 Å². The molecule has 9 heteroatoms. The predicted octanol–water partition coefficient (Wildman–Crippen LogP) is 0.583. The number of carbonyl (C=O) groups is 4. The SMILES string of the molecule is Cc1c(O)c(C(=O)CN(C)C)c2c(c1O)C1(C)C(=O)C(C(=O)CN(C)C)C(=O)C=C1O2. The van der Waals surface area contributed by atoms with Crippen LogP contribution < -0.4 is 4.74 Å². The number of allylic oxidation sites excluding steroid dienone is 2. The van der Waals surface area contributed by atoms with Gasteiger partial charge in [0, 0.05) is 11.6 Å². The van der Waals surface area contributed by atoms with Crippen molar-refractivity contribution in [2.45, 2.75) is 19.3 Å². The maximum Gasteiger partial charge on any atom is 0.184 e. The molecule has 2 N–H and O–H groups in total. The number of carbonyl (C=O) groups excluding carboxylic acids is 4. The minimum Gasteiger partial charge on any atom is -0.507 e. The number of hydrogen-bond acceptors (Lipinski definition) is 9. The van der Waals surface area contributed by atoms with Crippen LogP contribution in [-0.2, 0) is 19.8 Å². The number of ketones is 4. The molecule has 2 atom stereocenters. The molecule has 0 saturated carbocycles. The van der Waals surface area contributed by atoms with Crippen molar-refractivity contribution in [2.24, 2.45) is 5.92 Å². The lowest BCUT2D eigenvalue weighted by molar-refractivity contribution is -0.141. The zero-order valence-electron chi connectivity index (χ0n) is 18.4. The summed E-state index contributed by atoms with van der Waals surface area (Å²) in [6.07, 6.45) is 1.08. The van der Waals surface area contributed by atoms with Gasteiger partial charge in [-0.15, -0.1) is 0 Å². The molecule has 0 amide bonds. The second kappa shape index (κ2) is 7.58. The highest BCUT2D eigenvalue weighted by molar-refractivity contribution is 6.28. The highest BCUT2D eigenvalue weighted by Crippen LogP contribution is 2.57. The zero-order valence-corrected chi connectivity index (χ0v) is 18.4. The highest BCUT2D eigenvalue weighted by atomic mass is 16.5. The van der Waals surface area contributed by atoms with E-state index in [1.165, 1.54) is 13.8 Å². The van der Waals surface area contributed by atoms with Gasteiger partial charge < -0.3 is 24.7 Å². The molecule has 31 heavy (non-hydrogen) atoms. The van der Waals surface area contributed by atoms with Crippen LogP contribution in [0.3, 0.4) is 0 Å². The van der Waals surface area contributed by atoms with E-state index in [9.17, 15) is 29.4 Å². The summed E-state index contributed by atoms with van der Waals surface area (Å²) in [5, 5.41) is 21.4. The predicted molar refractivity (Wildman–Crippen MR) is 111 cm³/mol. The van der Waals surface area contributed by atoms with Gasteiger partial charge in [-0.2, -0.15) is 0 Å². The summed E-state index contributed by atoms with van der Waals surface area (Å²) in [4.78, 5) is 54.8. The number of fused-ring (bicyclic) bond motifs is 3. The van der Waals surface area contributed by atoms with E-state index in [2.05, 4.69) is 0 Å². The van der Waals surface area contributed by atoms with Gasteiger partial charge in [-0.1, -0.05) is 0 Å². The Balaban J connectivity index is 2.24. The van der Waals surface area contributed by atoms with E-state index in [-0.39, 0.29) is 41.3 Å². The number of ether oxygens (including phenoxy) is 1. The maximum absolute atomic E-state index is 13.5. The van der Waals surface area contributed by atoms with Crippen molar-refractivity contribution >= 4 is 23.1 Å². The van der Waals surface area contributed by atoms with Gasteiger partial charge in [0.1, 0.15) is 39.9 Å². The monoisotopic (exact) mass is 430 g/mol. The van der Waals surface area contributed by atoms with Gasteiger partial charge >= 0.3 is 0 Å². The Morgan fingerprint density at radius 1 is 1.06 bits per heavy atom. The largest absolute Gasteiger partial charge is 0.507 e. The van der Waals surface area contributed by atoms with E-state index < -0.39 is 46.0 Å². The quantitative estimate of drug-likeness (QED) is 0.493. The number of benzene rings is 1. The van der Waals surface area contributed by atoms with Gasteiger partial charge in [0.15, 0.2) is 23.1 Å². The number of aromatic hydroxyl groups is 2. The first-order valence-corrected chi connectivity index (χ1v) is 9.74. The molecule has 9 nitrogen and oxygen atoms in total. The van der Waals surface area contributed by atoms with Crippen molar-refractivity contribution in [3.8, 4) is 17.2 Å². The van der Waals surface area contributed by atoms with Crippen LogP contribution in [0.1, 0.15) is 28.4 Å². The molecule has 0 saturated heterocycles. The Morgan fingerprint density at radius 3 is 2.19 bits per heavy atom. The van der Waals surface area contributed by atoms with E-state index in [1.54, 1.807) is 38.0 Å². The average Bonchev–Trinajstić information content (AvgIpc) is 2.92. The maximum atomic E-state index is 13.5. The number of hydrogen-bond donors (Lipinski definition) is 2. The first-order chi connectivity index (χ1) is 14.3. The van der Waals surface area contributed by atoms with Crippen molar-refractivity contribution in [1.29, 1.82) is 0 Å². The van der Waals surface area contributed by atoms with E-state index in [1.807, 2.05) is 0 Å². The molecule has 3 rings (SSSR count). The molecule has 0 spiro atoms. The molecule has 1 heterocycles. The summed E-state index contributed by atoms with van der Waals surface area (Å²) >= 11 is 0. The number of phenolic OH excluding ortho intramolecular Hbond substituents is 2. The van der Waals surface area contributed by atoms with Crippen molar-refractivity contribution in [3.63, 3.8) is 0 Å². The third-order valence-electron chi connectivity index (χ3n) is 5.69. The van der Waals surface area contributed by atoms with Gasteiger partial charge in [0.05, 0.1) is 18.7 Å². The molecule has 1 aromatic carbocycles. The van der Waals surface area contributed by atoms with Crippen LogP contribution in [0.2, 0.25) is 0 Å².